The molecule has 0 N–H and O–H groups in total. The van der Waals surface area contributed by atoms with Crippen LogP contribution < -0.4 is 0 Å². The lowest BCUT2D eigenvalue weighted by Gasteiger charge is -2.25. The molecule has 1 aliphatic heterocycles. The fraction of sp³-hybridized carbons (Fsp3) is 0.818. The summed E-state index contributed by atoms with van der Waals surface area (Å²) < 4.78 is 17.6. The van der Waals surface area contributed by atoms with Gasteiger partial charge >= 0.3 is 0 Å². The summed E-state index contributed by atoms with van der Waals surface area (Å²) >= 11 is 0. The highest BCUT2D eigenvalue weighted by Gasteiger charge is 2.30. The van der Waals surface area contributed by atoms with Crippen molar-refractivity contribution in [1.82, 2.24) is 4.90 Å². The average Bonchev–Trinajstić information content (AvgIpc) is 2.61. The van der Waals surface area contributed by atoms with Crippen molar-refractivity contribution in [1.29, 1.82) is 0 Å². The molecule has 1 heterocycles. The van der Waals surface area contributed by atoms with E-state index in [4.69, 9.17) is 4.74 Å². The van der Waals surface area contributed by atoms with Crippen LogP contribution in [-0.4, -0.2) is 37.7 Å². The molecule has 1 fully saturated rings. The molecular formula is C11H22FNO. The first-order valence-electron chi connectivity index (χ1n) is 5.23. The Morgan fingerprint density at radius 2 is 2.14 bits per heavy atom. The number of hydrogen-bond donors (Lipinski definition) is 0. The Bertz CT molecular complexity index is 182. The largest absolute Gasteiger partial charge is 0.380 e. The van der Waals surface area contributed by atoms with Gasteiger partial charge in [-0.3, -0.25) is 4.90 Å². The minimum absolute atomic E-state index is 0.0690. The number of ether oxygens (including phenoxy) is 1. The summed E-state index contributed by atoms with van der Waals surface area (Å²) in [5.41, 5.74) is 0.854. The second-order valence-corrected chi connectivity index (χ2v) is 3.30. The molecule has 0 amide bonds. The van der Waals surface area contributed by atoms with Crippen LogP contribution in [0.15, 0.2) is 11.9 Å². The van der Waals surface area contributed by atoms with Gasteiger partial charge in [0.25, 0.3) is 0 Å². The summed E-state index contributed by atoms with van der Waals surface area (Å²) in [6.07, 6.45) is 1.62. The van der Waals surface area contributed by atoms with Crippen LogP contribution in [0.4, 0.5) is 4.39 Å². The Hall–Kier alpha value is -0.410. The van der Waals surface area contributed by atoms with Gasteiger partial charge in [-0.25, -0.2) is 4.39 Å². The van der Waals surface area contributed by atoms with E-state index in [0.29, 0.717) is 0 Å². The number of likely N-dealkylation sites (N-methyl/N-ethyl adjacent to an activating group) is 1. The van der Waals surface area contributed by atoms with Gasteiger partial charge in [0.05, 0.1) is 18.5 Å². The zero-order valence-corrected chi connectivity index (χ0v) is 9.88. The molecule has 0 aromatic heterocycles. The number of rotatable bonds is 2. The van der Waals surface area contributed by atoms with E-state index in [0.717, 1.165) is 24.9 Å². The highest BCUT2D eigenvalue weighted by Crippen LogP contribution is 2.25. The smallest absolute Gasteiger partial charge is 0.0876 e. The highest BCUT2D eigenvalue weighted by atomic mass is 19.1. The van der Waals surface area contributed by atoms with E-state index in [1.54, 1.807) is 7.11 Å². The van der Waals surface area contributed by atoms with E-state index in [2.05, 4.69) is 4.90 Å². The summed E-state index contributed by atoms with van der Waals surface area (Å²) in [4.78, 5) is 2.12. The predicted octanol–water partition coefficient (Wildman–Crippen LogP) is 2.61. The molecule has 0 aromatic rings. The molecule has 0 saturated carbocycles. The Balaban J connectivity index is 0.000000791. The highest BCUT2D eigenvalue weighted by molar-refractivity contribution is 5.15. The van der Waals surface area contributed by atoms with E-state index < -0.39 is 0 Å². The van der Waals surface area contributed by atoms with Crippen molar-refractivity contribution in [3.05, 3.63) is 11.9 Å². The zero-order valence-electron chi connectivity index (χ0n) is 9.88. The van der Waals surface area contributed by atoms with Crippen molar-refractivity contribution in [2.45, 2.75) is 39.3 Å². The second kappa shape index (κ2) is 6.96. The number of methoxy groups -OCH3 is 1. The minimum atomic E-state index is 0.0690. The van der Waals surface area contributed by atoms with Crippen LogP contribution in [0.3, 0.4) is 0 Å². The second-order valence-electron chi connectivity index (χ2n) is 3.30. The topological polar surface area (TPSA) is 12.5 Å². The average molecular weight is 203 g/mol. The number of nitrogens with zero attached hydrogens (tertiary/aromatic N) is 1. The first-order valence-corrected chi connectivity index (χ1v) is 5.23. The predicted molar refractivity (Wildman–Crippen MR) is 58.0 cm³/mol. The van der Waals surface area contributed by atoms with Crippen LogP contribution in [0, 0.1) is 0 Å². The van der Waals surface area contributed by atoms with Crippen molar-refractivity contribution in [3.63, 3.8) is 0 Å². The van der Waals surface area contributed by atoms with Crippen molar-refractivity contribution >= 4 is 0 Å². The van der Waals surface area contributed by atoms with Gasteiger partial charge in [0, 0.05) is 13.7 Å². The Kier molecular flexibility index (Phi) is 6.75. The molecule has 0 radical (unpaired) electrons. The van der Waals surface area contributed by atoms with E-state index in [9.17, 15) is 4.39 Å². The third kappa shape index (κ3) is 3.07. The maximum absolute atomic E-state index is 12.4. The van der Waals surface area contributed by atoms with Gasteiger partial charge in [-0.05, 0) is 26.0 Å². The van der Waals surface area contributed by atoms with Crippen LogP contribution >= 0.6 is 0 Å². The van der Waals surface area contributed by atoms with Crippen molar-refractivity contribution in [2.24, 2.45) is 0 Å². The van der Waals surface area contributed by atoms with Crippen molar-refractivity contribution in [3.8, 4) is 0 Å². The molecule has 1 saturated heterocycles. The summed E-state index contributed by atoms with van der Waals surface area (Å²) in [6, 6.07) is 0.125. The molecule has 3 heteroatoms. The van der Waals surface area contributed by atoms with E-state index >= 15 is 0 Å². The molecule has 14 heavy (non-hydrogen) atoms. The lowest BCUT2D eigenvalue weighted by atomic mass is 10.1. The normalized spacial score (nSPS) is 27.3. The van der Waals surface area contributed by atoms with Gasteiger partial charge in [0.15, 0.2) is 0 Å². The van der Waals surface area contributed by atoms with Crippen molar-refractivity contribution in [2.75, 3.05) is 20.7 Å². The Morgan fingerprint density at radius 3 is 2.57 bits per heavy atom. The number of likely N-dealkylation sites (tertiary alicyclic amines) is 1. The third-order valence-electron chi connectivity index (χ3n) is 2.56. The molecule has 1 rings (SSSR count). The van der Waals surface area contributed by atoms with Crippen LogP contribution in [-0.2, 0) is 4.74 Å². The van der Waals surface area contributed by atoms with Crippen LogP contribution in [0.1, 0.15) is 27.2 Å². The van der Waals surface area contributed by atoms with Gasteiger partial charge in [-0.15, -0.1) is 0 Å². The van der Waals surface area contributed by atoms with Gasteiger partial charge in [-0.1, -0.05) is 13.8 Å². The molecule has 0 aliphatic carbocycles. The maximum atomic E-state index is 12.4. The zero-order chi connectivity index (χ0) is 11.1. The van der Waals surface area contributed by atoms with E-state index in [-0.39, 0.29) is 12.1 Å². The summed E-state index contributed by atoms with van der Waals surface area (Å²) in [5, 5.41) is 0. The SMILES string of the molecule is CC.CO[C@@H](C)C1/C(=C\F)CCN1C. The van der Waals surface area contributed by atoms with E-state index in [1.807, 2.05) is 27.8 Å². The summed E-state index contributed by atoms with van der Waals surface area (Å²) in [5.74, 6) is 0. The van der Waals surface area contributed by atoms with Gasteiger partial charge < -0.3 is 4.74 Å². The van der Waals surface area contributed by atoms with Gasteiger partial charge in [0.2, 0.25) is 0 Å². The Labute approximate surface area is 86.7 Å². The molecule has 2 nitrogen and oxygen atoms in total. The maximum Gasteiger partial charge on any atom is 0.0876 e. The fourth-order valence-corrected chi connectivity index (χ4v) is 1.78. The van der Waals surface area contributed by atoms with E-state index in [1.165, 1.54) is 0 Å². The monoisotopic (exact) mass is 203 g/mol. The van der Waals surface area contributed by atoms with Crippen LogP contribution in [0.25, 0.3) is 0 Å². The molecule has 0 aromatic carbocycles. The lowest BCUT2D eigenvalue weighted by molar-refractivity contribution is 0.0641. The first-order chi connectivity index (χ1) is 6.70. The lowest BCUT2D eigenvalue weighted by Crippen LogP contribution is -2.36. The number of halogens is 1. The fourth-order valence-electron chi connectivity index (χ4n) is 1.78. The molecule has 1 aliphatic rings. The first kappa shape index (κ1) is 13.6. The quantitative estimate of drug-likeness (QED) is 0.684. The number of hydrogen-bond acceptors (Lipinski definition) is 2. The summed E-state index contributed by atoms with van der Waals surface area (Å²) in [7, 11) is 3.66. The molecule has 0 spiro atoms. The molecule has 84 valence electrons. The molecule has 2 atom stereocenters. The third-order valence-corrected chi connectivity index (χ3v) is 2.56. The van der Waals surface area contributed by atoms with Gasteiger partial charge in [0.1, 0.15) is 0 Å². The standard InChI is InChI=1S/C9H16FNO.C2H6/c1-7(12-3)9-8(6-10)4-5-11(9)2;1-2/h6-7,9H,4-5H2,1-3H3;1-2H3/b8-6-;/t7-,9?;/m0./s1. The van der Waals surface area contributed by atoms with Crippen molar-refractivity contribution < 1.29 is 9.13 Å². The molecule has 0 bridgehead atoms. The van der Waals surface area contributed by atoms with Crippen LogP contribution in [0.2, 0.25) is 0 Å². The molecular weight excluding hydrogens is 181 g/mol. The Morgan fingerprint density at radius 1 is 1.57 bits per heavy atom. The van der Waals surface area contributed by atoms with Gasteiger partial charge in [-0.2, -0.15) is 0 Å². The summed E-state index contributed by atoms with van der Waals surface area (Å²) in [6.45, 7) is 6.89. The molecule has 1 unspecified atom stereocenters. The van der Waals surface area contributed by atoms with Crippen LogP contribution in [0.5, 0.6) is 0 Å². The minimum Gasteiger partial charge on any atom is -0.380 e.